The molecule has 0 aliphatic heterocycles. The minimum absolute atomic E-state index is 0.0893. The summed E-state index contributed by atoms with van der Waals surface area (Å²) in [5, 5.41) is 4.59. The highest BCUT2D eigenvalue weighted by Crippen LogP contribution is 2.33. The second-order valence-corrected chi connectivity index (χ2v) is 4.12. The first-order valence-corrected chi connectivity index (χ1v) is 5.65. The fourth-order valence-electron chi connectivity index (χ4n) is 1.84. The highest BCUT2D eigenvalue weighted by molar-refractivity contribution is 5.83. The first-order chi connectivity index (χ1) is 8.13. The van der Waals surface area contributed by atoms with Gasteiger partial charge in [-0.2, -0.15) is 0 Å². The van der Waals surface area contributed by atoms with Crippen LogP contribution in [0.3, 0.4) is 0 Å². The monoisotopic (exact) mass is 235 g/mol. The Bertz CT molecular complexity index is 508. The summed E-state index contributed by atoms with van der Waals surface area (Å²) in [7, 11) is 1.68. The summed E-state index contributed by atoms with van der Waals surface area (Å²) in [6.45, 7) is 0.305. The third-order valence-electron chi connectivity index (χ3n) is 2.86. The van der Waals surface area contributed by atoms with Gasteiger partial charge in [-0.25, -0.2) is 8.78 Å². The number of halogens is 2. The first kappa shape index (κ1) is 12.0. The van der Waals surface area contributed by atoms with Crippen molar-refractivity contribution in [1.82, 2.24) is 5.32 Å². The Morgan fingerprint density at radius 1 is 1.06 bits per heavy atom. The van der Waals surface area contributed by atoms with Crippen molar-refractivity contribution in [2.45, 2.75) is 12.3 Å². The van der Waals surface area contributed by atoms with Gasteiger partial charge in [-0.05, 0) is 23.9 Å². The van der Waals surface area contributed by atoms with Crippen LogP contribution in [-0.2, 0) is 5.92 Å². The molecule has 0 bridgehead atoms. The van der Waals surface area contributed by atoms with E-state index in [4.69, 9.17) is 0 Å². The highest BCUT2D eigenvalue weighted by Gasteiger charge is 2.30. The molecule has 1 N–H and O–H groups in total. The first-order valence-electron chi connectivity index (χ1n) is 5.65. The molecular formula is C14H15F2N. The predicted molar refractivity (Wildman–Crippen MR) is 66.4 cm³/mol. The number of nitrogens with one attached hydrogen (secondary N) is 1. The molecule has 0 saturated heterocycles. The quantitative estimate of drug-likeness (QED) is 0.854. The van der Waals surface area contributed by atoms with E-state index in [0.717, 1.165) is 10.8 Å². The van der Waals surface area contributed by atoms with Gasteiger partial charge in [-0.1, -0.05) is 36.4 Å². The lowest BCUT2D eigenvalue weighted by Gasteiger charge is -2.17. The molecule has 3 heteroatoms. The Kier molecular flexibility index (Phi) is 3.38. The van der Waals surface area contributed by atoms with Gasteiger partial charge in [0.25, 0.3) is 5.92 Å². The summed E-state index contributed by atoms with van der Waals surface area (Å²) in [6, 6.07) is 12.4. The molecule has 0 aromatic heterocycles. The molecule has 0 saturated carbocycles. The molecule has 2 rings (SSSR count). The molecule has 0 spiro atoms. The maximum atomic E-state index is 13.8. The van der Waals surface area contributed by atoms with Crippen LogP contribution >= 0.6 is 0 Å². The van der Waals surface area contributed by atoms with Crippen molar-refractivity contribution < 1.29 is 8.78 Å². The van der Waals surface area contributed by atoms with E-state index in [1.54, 1.807) is 19.2 Å². The summed E-state index contributed by atoms with van der Waals surface area (Å²) < 4.78 is 27.7. The number of hydrogen-bond donors (Lipinski definition) is 1. The van der Waals surface area contributed by atoms with Crippen molar-refractivity contribution in [3.63, 3.8) is 0 Å². The van der Waals surface area contributed by atoms with Crippen LogP contribution in [0.1, 0.15) is 12.0 Å². The zero-order chi connectivity index (χ0) is 12.3. The largest absolute Gasteiger partial charge is 0.320 e. The van der Waals surface area contributed by atoms with Gasteiger partial charge >= 0.3 is 0 Å². The van der Waals surface area contributed by atoms with Crippen LogP contribution in [0.15, 0.2) is 42.5 Å². The van der Waals surface area contributed by atoms with E-state index in [1.807, 2.05) is 24.3 Å². The van der Waals surface area contributed by atoms with Crippen LogP contribution in [0.5, 0.6) is 0 Å². The minimum atomic E-state index is -2.77. The van der Waals surface area contributed by atoms with Crippen molar-refractivity contribution in [3.05, 3.63) is 48.0 Å². The number of hydrogen-bond acceptors (Lipinski definition) is 1. The van der Waals surface area contributed by atoms with E-state index in [0.29, 0.717) is 6.54 Å². The molecule has 0 heterocycles. The van der Waals surface area contributed by atoms with Crippen molar-refractivity contribution in [3.8, 4) is 0 Å². The molecule has 90 valence electrons. The fraction of sp³-hybridized carbons (Fsp3) is 0.286. The molecule has 0 aliphatic rings. The number of benzene rings is 2. The van der Waals surface area contributed by atoms with Gasteiger partial charge in [0.1, 0.15) is 0 Å². The van der Waals surface area contributed by atoms with E-state index < -0.39 is 5.92 Å². The maximum absolute atomic E-state index is 13.8. The van der Waals surface area contributed by atoms with Crippen molar-refractivity contribution in [2.75, 3.05) is 13.6 Å². The average molecular weight is 235 g/mol. The standard InChI is InChI=1S/C14H15F2N/c1-17-9-8-14(15,16)13-7-6-11-4-2-3-5-12(11)10-13/h2-7,10,17H,8-9H2,1H3. The number of rotatable bonds is 4. The molecule has 2 aromatic rings. The van der Waals surface area contributed by atoms with E-state index in [-0.39, 0.29) is 12.0 Å². The van der Waals surface area contributed by atoms with Crippen LogP contribution < -0.4 is 5.32 Å². The Morgan fingerprint density at radius 3 is 2.47 bits per heavy atom. The van der Waals surface area contributed by atoms with Crippen LogP contribution in [0.4, 0.5) is 8.78 Å². The lowest BCUT2D eigenvalue weighted by Crippen LogP contribution is -2.20. The van der Waals surface area contributed by atoms with E-state index in [2.05, 4.69) is 5.32 Å². The van der Waals surface area contributed by atoms with E-state index in [1.165, 1.54) is 6.07 Å². The summed E-state index contributed by atoms with van der Waals surface area (Å²) in [4.78, 5) is 0. The zero-order valence-electron chi connectivity index (χ0n) is 9.71. The van der Waals surface area contributed by atoms with E-state index in [9.17, 15) is 8.78 Å². The smallest absolute Gasteiger partial charge is 0.274 e. The number of alkyl halides is 2. The summed E-state index contributed by atoms with van der Waals surface area (Å²) >= 11 is 0. The lowest BCUT2D eigenvalue weighted by molar-refractivity contribution is -0.0122. The van der Waals surface area contributed by atoms with Gasteiger partial charge in [0.05, 0.1) is 0 Å². The highest BCUT2D eigenvalue weighted by atomic mass is 19.3. The van der Waals surface area contributed by atoms with E-state index >= 15 is 0 Å². The molecule has 1 nitrogen and oxygen atoms in total. The van der Waals surface area contributed by atoms with Crippen LogP contribution in [0.25, 0.3) is 10.8 Å². The normalized spacial score (nSPS) is 11.9. The second-order valence-electron chi connectivity index (χ2n) is 4.12. The Morgan fingerprint density at radius 2 is 1.76 bits per heavy atom. The van der Waals surface area contributed by atoms with Gasteiger partial charge < -0.3 is 5.32 Å². The van der Waals surface area contributed by atoms with Crippen molar-refractivity contribution >= 4 is 10.8 Å². The van der Waals surface area contributed by atoms with Crippen LogP contribution in [0.2, 0.25) is 0 Å². The maximum Gasteiger partial charge on any atom is 0.274 e. The Balaban J connectivity index is 2.35. The predicted octanol–water partition coefficient (Wildman–Crippen LogP) is 3.54. The van der Waals surface area contributed by atoms with Gasteiger partial charge in [-0.15, -0.1) is 0 Å². The van der Waals surface area contributed by atoms with Gasteiger partial charge in [0.15, 0.2) is 0 Å². The second kappa shape index (κ2) is 4.80. The Hall–Kier alpha value is -1.48. The molecule has 2 aromatic carbocycles. The van der Waals surface area contributed by atoms with Crippen LogP contribution in [0, 0.1) is 0 Å². The lowest BCUT2D eigenvalue weighted by atomic mass is 10.0. The molecule has 0 unspecified atom stereocenters. The molecule has 0 amide bonds. The minimum Gasteiger partial charge on any atom is -0.320 e. The van der Waals surface area contributed by atoms with Gasteiger partial charge in [-0.3, -0.25) is 0 Å². The molecule has 0 aliphatic carbocycles. The molecule has 0 atom stereocenters. The SMILES string of the molecule is CNCCC(F)(F)c1ccc2ccccc2c1. The summed E-state index contributed by atoms with van der Waals surface area (Å²) in [6.07, 6.45) is -0.179. The van der Waals surface area contributed by atoms with Crippen molar-refractivity contribution in [1.29, 1.82) is 0 Å². The fourth-order valence-corrected chi connectivity index (χ4v) is 1.84. The average Bonchev–Trinajstić information content (AvgIpc) is 2.36. The topological polar surface area (TPSA) is 12.0 Å². The van der Waals surface area contributed by atoms with Gasteiger partial charge in [0.2, 0.25) is 0 Å². The molecule has 0 fully saturated rings. The van der Waals surface area contributed by atoms with Crippen LogP contribution in [-0.4, -0.2) is 13.6 Å². The molecule has 0 radical (unpaired) electrons. The number of fused-ring (bicyclic) bond motifs is 1. The summed E-state index contributed by atoms with van der Waals surface area (Å²) in [5.74, 6) is -2.77. The Labute approximate surface area is 99.5 Å². The zero-order valence-corrected chi connectivity index (χ0v) is 9.71. The summed E-state index contributed by atoms with van der Waals surface area (Å²) in [5.41, 5.74) is 0.0893. The molecular weight excluding hydrogens is 220 g/mol. The molecule has 17 heavy (non-hydrogen) atoms. The van der Waals surface area contributed by atoms with Crippen molar-refractivity contribution in [2.24, 2.45) is 0 Å². The third kappa shape index (κ3) is 2.61. The third-order valence-corrected chi connectivity index (χ3v) is 2.86. The van der Waals surface area contributed by atoms with Gasteiger partial charge in [0, 0.05) is 18.5 Å².